The zero-order valence-electron chi connectivity index (χ0n) is 27.9. The van der Waals surface area contributed by atoms with Crippen molar-refractivity contribution in [1.82, 2.24) is 15.5 Å². The summed E-state index contributed by atoms with van der Waals surface area (Å²) in [5.41, 5.74) is -3.69. The summed E-state index contributed by atoms with van der Waals surface area (Å²) in [6, 6.07) is 0. The van der Waals surface area contributed by atoms with Gasteiger partial charge in [-0.25, -0.2) is 0 Å². The van der Waals surface area contributed by atoms with Crippen LogP contribution >= 0.6 is 0 Å². The van der Waals surface area contributed by atoms with Crippen LogP contribution in [0.2, 0.25) is 0 Å². The van der Waals surface area contributed by atoms with Crippen molar-refractivity contribution in [2.24, 2.45) is 68.0 Å². The van der Waals surface area contributed by atoms with Gasteiger partial charge >= 0.3 is 0 Å². The molecule has 6 heteroatoms. The van der Waals surface area contributed by atoms with Gasteiger partial charge in [-0.05, 0) is 90.3 Å². The summed E-state index contributed by atoms with van der Waals surface area (Å²) in [5.74, 6) is 2.31. The average molecular weight is 580 g/mol. The van der Waals surface area contributed by atoms with Crippen LogP contribution in [0.5, 0.6) is 0 Å². The molecular weight excluding hydrogens is 522 g/mol. The zero-order valence-corrected chi connectivity index (χ0v) is 27.9. The monoisotopic (exact) mass is 579 g/mol. The number of fused-ring (bicyclic) bond motifs is 3. The molecule has 7 aliphatic rings. The van der Waals surface area contributed by atoms with Crippen LogP contribution in [0.15, 0.2) is 0 Å². The molecule has 1 heterocycles. The molecule has 0 aromatic carbocycles. The van der Waals surface area contributed by atoms with Gasteiger partial charge in [0.1, 0.15) is 0 Å². The van der Waals surface area contributed by atoms with Crippen LogP contribution in [0, 0.1) is 68.0 Å². The van der Waals surface area contributed by atoms with Crippen molar-refractivity contribution in [1.29, 1.82) is 0 Å². The van der Waals surface area contributed by atoms with Crippen molar-refractivity contribution in [2.45, 2.75) is 126 Å². The van der Waals surface area contributed by atoms with E-state index in [-0.39, 0.29) is 52.2 Å². The van der Waals surface area contributed by atoms with Crippen LogP contribution in [-0.4, -0.2) is 41.4 Å². The van der Waals surface area contributed by atoms with Crippen LogP contribution in [-0.2, 0) is 14.4 Å². The lowest BCUT2D eigenvalue weighted by molar-refractivity contribution is -0.172. The molecule has 234 valence electrons. The van der Waals surface area contributed by atoms with Crippen LogP contribution in [0.4, 0.5) is 0 Å². The molecule has 9 atom stereocenters. The van der Waals surface area contributed by atoms with Gasteiger partial charge in [0.15, 0.2) is 11.6 Å². The molecule has 7 rings (SSSR count). The summed E-state index contributed by atoms with van der Waals surface area (Å²) in [5, 5.41) is 6.98. The van der Waals surface area contributed by atoms with E-state index in [1.807, 2.05) is 0 Å². The Bertz CT molecular complexity index is 1180. The van der Waals surface area contributed by atoms with Gasteiger partial charge in [-0.2, -0.15) is 0 Å². The molecule has 9 unspecified atom stereocenters. The number of hydrogen-bond acceptors (Lipinski definition) is 5. The number of nitrogens with zero attached hydrogens (tertiary/aromatic N) is 1. The van der Waals surface area contributed by atoms with E-state index < -0.39 is 21.9 Å². The number of carbonyl (C=O) groups is 3. The highest BCUT2D eigenvalue weighted by Gasteiger charge is 2.85. The minimum atomic E-state index is -1.60. The largest absolute Gasteiger partial charge is 0.298 e. The molecule has 0 aromatic rings. The molecule has 0 aromatic heterocycles. The van der Waals surface area contributed by atoms with Crippen molar-refractivity contribution < 1.29 is 14.4 Å². The molecule has 0 spiro atoms. The lowest BCUT2D eigenvalue weighted by atomic mass is 9.67. The number of Topliss-reactive ketones (excluding diaryl/α,β-unsaturated/α-hetero) is 2. The molecule has 7 fully saturated rings. The van der Waals surface area contributed by atoms with Crippen LogP contribution in [0.3, 0.4) is 0 Å². The van der Waals surface area contributed by atoms with Crippen molar-refractivity contribution >= 4 is 17.5 Å². The first kappa shape index (κ1) is 29.4. The quantitative estimate of drug-likeness (QED) is 0.382. The Morgan fingerprint density at radius 3 is 1.43 bits per heavy atom. The molecule has 1 amide bonds. The number of hydrogen-bond donors (Lipinski definition) is 2. The Morgan fingerprint density at radius 1 is 0.595 bits per heavy atom. The third-order valence-electron chi connectivity index (χ3n) is 15.7. The van der Waals surface area contributed by atoms with Gasteiger partial charge in [0.2, 0.25) is 11.6 Å². The molecule has 2 N–H and O–H groups in total. The molecular formula is C36H57N3O3. The van der Waals surface area contributed by atoms with Crippen LogP contribution < -0.4 is 10.6 Å². The van der Waals surface area contributed by atoms with Crippen LogP contribution in [0.25, 0.3) is 0 Å². The lowest BCUT2D eigenvalue weighted by Crippen LogP contribution is -2.79. The van der Waals surface area contributed by atoms with Gasteiger partial charge in [-0.1, -0.05) is 81.6 Å². The molecule has 42 heavy (non-hydrogen) atoms. The summed E-state index contributed by atoms with van der Waals surface area (Å²) >= 11 is 0. The van der Waals surface area contributed by atoms with Crippen molar-refractivity contribution in [3.8, 4) is 0 Å². The fraction of sp³-hybridized carbons (Fsp3) is 0.917. The maximum atomic E-state index is 15.8. The van der Waals surface area contributed by atoms with E-state index in [1.54, 1.807) is 4.90 Å². The number of nitrogens with one attached hydrogen (secondary N) is 2. The summed E-state index contributed by atoms with van der Waals surface area (Å²) < 4.78 is 0. The second kappa shape index (κ2) is 8.50. The van der Waals surface area contributed by atoms with E-state index >= 15 is 14.4 Å². The Morgan fingerprint density at radius 2 is 0.976 bits per heavy atom. The molecule has 6 nitrogen and oxygen atoms in total. The third-order valence-corrected chi connectivity index (χ3v) is 15.7. The molecule has 6 saturated carbocycles. The second-order valence-electron chi connectivity index (χ2n) is 18.3. The number of ketones is 2. The summed E-state index contributed by atoms with van der Waals surface area (Å²) in [7, 11) is 0. The Balaban J connectivity index is 1.39. The maximum Gasteiger partial charge on any atom is 0.232 e. The highest BCUT2D eigenvalue weighted by Crippen LogP contribution is 2.81. The number of amides is 1. The first-order chi connectivity index (χ1) is 19.5. The fourth-order valence-electron chi connectivity index (χ4n) is 13.0. The highest BCUT2D eigenvalue weighted by atomic mass is 16.2. The van der Waals surface area contributed by atoms with E-state index in [1.165, 1.54) is 0 Å². The average Bonchev–Trinajstić information content (AvgIpc) is 3.78. The predicted octanol–water partition coefficient (Wildman–Crippen LogP) is 6.14. The third kappa shape index (κ3) is 3.08. The molecule has 0 bridgehead atoms. The van der Waals surface area contributed by atoms with Crippen LogP contribution in [0.1, 0.15) is 120 Å². The van der Waals surface area contributed by atoms with E-state index in [0.29, 0.717) is 30.3 Å². The van der Waals surface area contributed by atoms with Crippen molar-refractivity contribution in [3.63, 3.8) is 0 Å². The topological polar surface area (TPSA) is 78.5 Å². The van der Waals surface area contributed by atoms with E-state index in [4.69, 9.17) is 0 Å². The number of carbonyl (C=O) groups excluding carboxylic acids is 3. The summed E-state index contributed by atoms with van der Waals surface area (Å²) in [6.07, 6.45) is 9.03. The first-order valence-electron chi connectivity index (χ1n) is 17.4. The Hall–Kier alpha value is -1.27. The first-order valence-corrected chi connectivity index (χ1v) is 17.4. The number of rotatable bonds is 5. The van der Waals surface area contributed by atoms with E-state index in [9.17, 15) is 0 Å². The molecule has 6 aliphatic carbocycles. The van der Waals surface area contributed by atoms with Gasteiger partial charge in [0.05, 0.1) is 12.1 Å². The molecule has 0 radical (unpaired) electrons. The van der Waals surface area contributed by atoms with E-state index in [2.05, 4.69) is 72.9 Å². The highest BCUT2D eigenvalue weighted by molar-refractivity contribution is 6.20. The Kier molecular flexibility index (Phi) is 5.96. The van der Waals surface area contributed by atoms with Gasteiger partial charge in [0, 0.05) is 17.5 Å². The van der Waals surface area contributed by atoms with Gasteiger partial charge in [-0.3, -0.25) is 29.9 Å². The molecule has 1 saturated heterocycles. The summed E-state index contributed by atoms with van der Waals surface area (Å²) in [4.78, 5) is 48.6. The van der Waals surface area contributed by atoms with Gasteiger partial charge < -0.3 is 0 Å². The minimum absolute atomic E-state index is 0.0284. The minimum Gasteiger partial charge on any atom is -0.298 e. The maximum absolute atomic E-state index is 15.8. The van der Waals surface area contributed by atoms with Crippen molar-refractivity contribution in [2.75, 3.05) is 13.3 Å². The normalized spacial score (nSPS) is 50.9. The Labute approximate surface area is 254 Å². The SMILES string of the molecule is CC1CCC2C(C)(C)C2(C(=O)N2CNCNC2(C(=O)C23CC(C)CCC2C3(C)C)C(=O)C23CC(C)CCC2C3(C)C)C1. The fourth-order valence-corrected chi connectivity index (χ4v) is 13.0. The smallest absolute Gasteiger partial charge is 0.232 e. The van der Waals surface area contributed by atoms with Gasteiger partial charge in [0.25, 0.3) is 0 Å². The standard InChI is InChI=1S/C36H57N3O3/c1-21-10-13-24-30(4,5)33(24,16-21)27(40)36(28(41)34-17-22(2)11-14-25(34)31(34,6)7)38-19-37-20-39(36)29(42)35-18-23(3)12-15-26(35)32(35,8)9/h21-26,37-38H,10-20H2,1-9H3. The zero-order chi connectivity index (χ0) is 30.5. The van der Waals surface area contributed by atoms with E-state index in [0.717, 1.165) is 57.8 Å². The van der Waals surface area contributed by atoms with Gasteiger partial charge in [-0.15, -0.1) is 0 Å². The summed E-state index contributed by atoms with van der Waals surface area (Å²) in [6.45, 7) is 21.0. The molecule has 1 aliphatic heterocycles. The second-order valence-corrected chi connectivity index (χ2v) is 18.3. The van der Waals surface area contributed by atoms with Crippen molar-refractivity contribution in [3.05, 3.63) is 0 Å². The lowest BCUT2D eigenvalue weighted by Gasteiger charge is -2.51. The predicted molar refractivity (Wildman–Crippen MR) is 164 cm³/mol.